The molecule has 0 aliphatic rings. The van der Waals surface area contributed by atoms with E-state index in [0.717, 1.165) is 38.9 Å². The number of unbranched alkanes of at least 4 members (excludes halogenated alkanes) is 2. The van der Waals surface area contributed by atoms with Crippen LogP contribution in [0.15, 0.2) is 0 Å². The summed E-state index contributed by atoms with van der Waals surface area (Å²) in [7, 11) is 5.30. The smallest absolute Gasteiger partial charge is 0.0571 e. The lowest BCUT2D eigenvalue weighted by Crippen LogP contribution is -2.11. The lowest BCUT2D eigenvalue weighted by atomic mass is 10.1. The minimum atomic E-state index is 0.415. The maximum Gasteiger partial charge on any atom is 0.0571 e. The van der Waals surface area contributed by atoms with Gasteiger partial charge < -0.3 is 14.2 Å². The van der Waals surface area contributed by atoms with E-state index in [1.54, 1.807) is 21.3 Å². The molecule has 0 aromatic carbocycles. The van der Waals surface area contributed by atoms with E-state index in [2.05, 4.69) is 0 Å². The van der Waals surface area contributed by atoms with Crippen LogP contribution in [0.3, 0.4) is 0 Å². The van der Waals surface area contributed by atoms with Crippen LogP contribution in [0.5, 0.6) is 0 Å². The Morgan fingerprint density at radius 2 is 1.20 bits per heavy atom. The average molecular weight is 218 g/mol. The molecule has 0 atom stereocenters. The summed E-state index contributed by atoms with van der Waals surface area (Å²) in [5.41, 5.74) is 0. The molecule has 0 bridgehead atoms. The quantitative estimate of drug-likeness (QED) is 0.499. The molecule has 0 saturated heterocycles. The summed E-state index contributed by atoms with van der Waals surface area (Å²) in [4.78, 5) is 0. The summed E-state index contributed by atoms with van der Waals surface area (Å²) < 4.78 is 15.5. The van der Waals surface area contributed by atoms with Gasteiger partial charge in [0.05, 0.1) is 6.10 Å². The minimum absolute atomic E-state index is 0.415. The van der Waals surface area contributed by atoms with E-state index < -0.39 is 0 Å². The molecule has 0 radical (unpaired) electrons. The number of methoxy groups -OCH3 is 3. The van der Waals surface area contributed by atoms with E-state index in [1.165, 1.54) is 12.8 Å². The first-order chi connectivity index (χ1) is 7.35. The molecule has 0 rings (SSSR count). The molecular weight excluding hydrogens is 192 g/mol. The highest BCUT2D eigenvalue weighted by Gasteiger charge is 2.06. The van der Waals surface area contributed by atoms with Crippen LogP contribution in [0.2, 0.25) is 0 Å². The van der Waals surface area contributed by atoms with Crippen LogP contribution in [0.4, 0.5) is 0 Å². The van der Waals surface area contributed by atoms with Crippen LogP contribution < -0.4 is 0 Å². The van der Waals surface area contributed by atoms with Crippen LogP contribution in [-0.4, -0.2) is 40.6 Å². The SMILES string of the molecule is COCCCCC(CCCCOC)OC. The van der Waals surface area contributed by atoms with Crippen molar-refractivity contribution in [2.45, 2.75) is 44.6 Å². The molecule has 15 heavy (non-hydrogen) atoms. The zero-order valence-electron chi connectivity index (χ0n) is 10.5. The topological polar surface area (TPSA) is 27.7 Å². The summed E-state index contributed by atoms with van der Waals surface area (Å²) >= 11 is 0. The molecule has 0 unspecified atom stereocenters. The molecule has 3 nitrogen and oxygen atoms in total. The van der Waals surface area contributed by atoms with Gasteiger partial charge in [0, 0.05) is 34.5 Å². The van der Waals surface area contributed by atoms with Gasteiger partial charge in [-0.25, -0.2) is 0 Å². The predicted octanol–water partition coefficient (Wildman–Crippen LogP) is 2.63. The van der Waals surface area contributed by atoms with Crippen molar-refractivity contribution < 1.29 is 14.2 Å². The molecular formula is C12H26O3. The van der Waals surface area contributed by atoms with Gasteiger partial charge >= 0.3 is 0 Å². The molecule has 0 N–H and O–H groups in total. The number of ether oxygens (including phenoxy) is 3. The second-order valence-corrected chi connectivity index (χ2v) is 3.83. The second kappa shape index (κ2) is 12.0. The van der Waals surface area contributed by atoms with Gasteiger partial charge in [-0.05, 0) is 38.5 Å². The fraction of sp³-hybridized carbons (Fsp3) is 1.00. The molecule has 0 saturated carbocycles. The summed E-state index contributed by atoms with van der Waals surface area (Å²) in [6.07, 6.45) is 7.36. The first-order valence-electron chi connectivity index (χ1n) is 5.85. The minimum Gasteiger partial charge on any atom is -0.385 e. The van der Waals surface area contributed by atoms with Gasteiger partial charge in [0.2, 0.25) is 0 Å². The Bertz CT molecular complexity index is 105. The Morgan fingerprint density at radius 3 is 1.53 bits per heavy atom. The molecule has 0 spiro atoms. The molecule has 0 amide bonds. The lowest BCUT2D eigenvalue weighted by molar-refractivity contribution is 0.0783. The first kappa shape index (κ1) is 14.9. The average Bonchev–Trinajstić information content (AvgIpc) is 2.27. The summed E-state index contributed by atoms with van der Waals surface area (Å²) in [5, 5.41) is 0. The highest BCUT2D eigenvalue weighted by molar-refractivity contribution is 4.58. The second-order valence-electron chi connectivity index (χ2n) is 3.83. The fourth-order valence-corrected chi connectivity index (χ4v) is 1.62. The van der Waals surface area contributed by atoms with Crippen LogP contribution in [-0.2, 0) is 14.2 Å². The van der Waals surface area contributed by atoms with Crippen molar-refractivity contribution in [2.24, 2.45) is 0 Å². The van der Waals surface area contributed by atoms with Crippen LogP contribution in [0.25, 0.3) is 0 Å². The van der Waals surface area contributed by atoms with Gasteiger partial charge in [-0.2, -0.15) is 0 Å². The van der Waals surface area contributed by atoms with E-state index in [-0.39, 0.29) is 0 Å². The Balaban J connectivity index is 3.29. The van der Waals surface area contributed by atoms with E-state index in [1.807, 2.05) is 0 Å². The van der Waals surface area contributed by atoms with Crippen molar-refractivity contribution in [3.05, 3.63) is 0 Å². The van der Waals surface area contributed by atoms with Crippen molar-refractivity contribution in [1.82, 2.24) is 0 Å². The van der Waals surface area contributed by atoms with Gasteiger partial charge in [-0.3, -0.25) is 0 Å². The van der Waals surface area contributed by atoms with Gasteiger partial charge in [0.1, 0.15) is 0 Å². The third-order valence-electron chi connectivity index (χ3n) is 2.58. The standard InChI is InChI=1S/C12H26O3/c1-13-10-6-4-8-12(15-3)9-5-7-11-14-2/h12H,4-11H2,1-3H3. The molecule has 0 fully saturated rings. The Morgan fingerprint density at radius 1 is 0.733 bits per heavy atom. The number of rotatable bonds is 11. The van der Waals surface area contributed by atoms with Crippen molar-refractivity contribution in [3.8, 4) is 0 Å². The van der Waals surface area contributed by atoms with Crippen LogP contribution in [0, 0.1) is 0 Å². The normalized spacial score (nSPS) is 11.2. The zero-order valence-corrected chi connectivity index (χ0v) is 10.5. The Hall–Kier alpha value is -0.120. The lowest BCUT2D eigenvalue weighted by Gasteiger charge is -2.14. The fourth-order valence-electron chi connectivity index (χ4n) is 1.62. The van der Waals surface area contributed by atoms with Gasteiger partial charge in [-0.15, -0.1) is 0 Å². The Kier molecular flexibility index (Phi) is 11.9. The molecule has 0 aromatic heterocycles. The largest absolute Gasteiger partial charge is 0.385 e. The Labute approximate surface area is 94.1 Å². The molecule has 92 valence electrons. The van der Waals surface area contributed by atoms with Crippen molar-refractivity contribution >= 4 is 0 Å². The van der Waals surface area contributed by atoms with Gasteiger partial charge in [-0.1, -0.05) is 0 Å². The van der Waals surface area contributed by atoms with Crippen molar-refractivity contribution in [1.29, 1.82) is 0 Å². The highest BCUT2D eigenvalue weighted by Crippen LogP contribution is 2.11. The summed E-state index contributed by atoms with van der Waals surface area (Å²) in [6, 6.07) is 0. The van der Waals surface area contributed by atoms with Gasteiger partial charge in [0.15, 0.2) is 0 Å². The predicted molar refractivity (Wildman–Crippen MR) is 62.3 cm³/mol. The molecule has 0 aromatic rings. The van der Waals surface area contributed by atoms with E-state index in [4.69, 9.17) is 14.2 Å². The van der Waals surface area contributed by atoms with E-state index >= 15 is 0 Å². The first-order valence-corrected chi connectivity index (χ1v) is 5.85. The molecule has 0 aliphatic heterocycles. The monoisotopic (exact) mass is 218 g/mol. The number of hydrogen-bond donors (Lipinski definition) is 0. The van der Waals surface area contributed by atoms with Crippen LogP contribution in [0.1, 0.15) is 38.5 Å². The maximum atomic E-state index is 5.43. The third kappa shape index (κ3) is 10.2. The molecule has 0 aliphatic carbocycles. The van der Waals surface area contributed by atoms with E-state index in [9.17, 15) is 0 Å². The maximum absolute atomic E-state index is 5.43. The van der Waals surface area contributed by atoms with Crippen molar-refractivity contribution in [2.75, 3.05) is 34.5 Å². The van der Waals surface area contributed by atoms with Crippen LogP contribution >= 0.6 is 0 Å². The summed E-state index contributed by atoms with van der Waals surface area (Å²) in [6.45, 7) is 1.72. The number of hydrogen-bond acceptors (Lipinski definition) is 3. The van der Waals surface area contributed by atoms with Gasteiger partial charge in [0.25, 0.3) is 0 Å². The van der Waals surface area contributed by atoms with E-state index in [0.29, 0.717) is 6.10 Å². The zero-order chi connectivity index (χ0) is 11.4. The highest BCUT2D eigenvalue weighted by atomic mass is 16.5. The van der Waals surface area contributed by atoms with Crippen molar-refractivity contribution in [3.63, 3.8) is 0 Å². The summed E-state index contributed by atoms with van der Waals surface area (Å²) in [5.74, 6) is 0. The molecule has 0 heterocycles. The third-order valence-corrected chi connectivity index (χ3v) is 2.58. The molecule has 3 heteroatoms.